The Hall–Kier alpha value is -2.37. The molecule has 0 saturated heterocycles. The highest BCUT2D eigenvalue weighted by molar-refractivity contribution is 9.10. The lowest BCUT2D eigenvalue weighted by molar-refractivity contribution is -0.127. The molecule has 0 saturated carbocycles. The van der Waals surface area contributed by atoms with E-state index < -0.39 is 11.9 Å². The summed E-state index contributed by atoms with van der Waals surface area (Å²) in [5, 5.41) is 5.47. The van der Waals surface area contributed by atoms with Crippen LogP contribution in [-0.2, 0) is 22.4 Å². The van der Waals surface area contributed by atoms with Crippen LogP contribution in [-0.4, -0.2) is 17.9 Å². The lowest BCUT2D eigenvalue weighted by Crippen LogP contribution is -2.46. The Morgan fingerprint density at radius 2 is 1.78 bits per heavy atom. The van der Waals surface area contributed by atoms with Crippen molar-refractivity contribution in [2.75, 3.05) is 0 Å². The van der Waals surface area contributed by atoms with E-state index in [0.717, 1.165) is 26.4 Å². The number of hydrogen-bond acceptors (Lipinski definition) is 2. The number of nitrogens with one attached hydrogen (secondary N) is 1. The minimum Gasteiger partial charge on any atom is -0.368 e. The molecule has 3 N–H and O–H groups in total. The molecule has 0 heterocycles. The van der Waals surface area contributed by atoms with Gasteiger partial charge in [-0.2, -0.15) is 0 Å². The number of carbonyl (C=O) groups is 2. The Bertz CT molecular complexity index is 1010. The normalized spacial score (nSPS) is 11.9. The molecule has 3 aromatic rings. The van der Waals surface area contributed by atoms with E-state index >= 15 is 0 Å². The average Bonchev–Trinajstić information content (AvgIpc) is 2.64. The van der Waals surface area contributed by atoms with Gasteiger partial charge in [-0.1, -0.05) is 70.0 Å². The van der Waals surface area contributed by atoms with Gasteiger partial charge in [-0.05, 0) is 40.1 Å². The third kappa shape index (κ3) is 5.08. The maximum absolute atomic E-state index is 12.4. The first-order chi connectivity index (χ1) is 12.9. The summed E-state index contributed by atoms with van der Waals surface area (Å²) in [6.07, 6.45) is 0.436. The summed E-state index contributed by atoms with van der Waals surface area (Å²) >= 11 is 9.44. The second kappa shape index (κ2) is 8.55. The van der Waals surface area contributed by atoms with Crippen LogP contribution in [0.1, 0.15) is 11.1 Å². The number of halogens is 2. The van der Waals surface area contributed by atoms with E-state index in [-0.39, 0.29) is 18.7 Å². The van der Waals surface area contributed by atoms with E-state index in [9.17, 15) is 9.59 Å². The average molecular weight is 446 g/mol. The van der Waals surface area contributed by atoms with Gasteiger partial charge < -0.3 is 11.1 Å². The zero-order chi connectivity index (χ0) is 19.4. The third-order valence-electron chi connectivity index (χ3n) is 4.29. The summed E-state index contributed by atoms with van der Waals surface area (Å²) in [6, 6.07) is 18.3. The van der Waals surface area contributed by atoms with E-state index in [0.29, 0.717) is 5.02 Å². The van der Waals surface area contributed by atoms with Gasteiger partial charge in [-0.3, -0.25) is 9.59 Å². The topological polar surface area (TPSA) is 72.2 Å². The smallest absolute Gasteiger partial charge is 0.240 e. The molecule has 27 heavy (non-hydrogen) atoms. The van der Waals surface area contributed by atoms with Crippen molar-refractivity contribution in [3.63, 3.8) is 0 Å². The van der Waals surface area contributed by atoms with Crippen LogP contribution in [0.15, 0.2) is 65.1 Å². The Morgan fingerprint density at radius 1 is 1.04 bits per heavy atom. The summed E-state index contributed by atoms with van der Waals surface area (Å²) in [7, 11) is 0. The highest BCUT2D eigenvalue weighted by Gasteiger charge is 2.20. The Kier molecular flexibility index (Phi) is 6.14. The van der Waals surface area contributed by atoms with Crippen LogP contribution in [0.3, 0.4) is 0 Å². The van der Waals surface area contributed by atoms with E-state index in [1.807, 2.05) is 42.5 Å². The molecule has 0 unspecified atom stereocenters. The molecule has 0 spiro atoms. The highest BCUT2D eigenvalue weighted by atomic mass is 79.9. The van der Waals surface area contributed by atoms with Crippen LogP contribution in [0.25, 0.3) is 10.8 Å². The van der Waals surface area contributed by atoms with E-state index in [4.69, 9.17) is 17.3 Å². The van der Waals surface area contributed by atoms with Gasteiger partial charge in [-0.25, -0.2) is 0 Å². The SMILES string of the molecule is NC(=O)[C@@H](Cc1cc(Cl)ccc1Br)NC(=O)Cc1ccc2ccccc2c1. The van der Waals surface area contributed by atoms with Crippen molar-refractivity contribution in [1.29, 1.82) is 0 Å². The van der Waals surface area contributed by atoms with Crippen molar-refractivity contribution in [3.8, 4) is 0 Å². The highest BCUT2D eigenvalue weighted by Crippen LogP contribution is 2.22. The number of rotatable bonds is 6. The van der Waals surface area contributed by atoms with Gasteiger partial charge in [0.25, 0.3) is 0 Å². The fourth-order valence-corrected chi connectivity index (χ4v) is 3.53. The second-order valence-corrected chi connectivity index (χ2v) is 7.61. The third-order valence-corrected chi connectivity index (χ3v) is 5.30. The van der Waals surface area contributed by atoms with Crippen LogP contribution >= 0.6 is 27.5 Å². The minimum atomic E-state index is -0.812. The van der Waals surface area contributed by atoms with Gasteiger partial charge in [0.1, 0.15) is 6.04 Å². The number of hydrogen-bond donors (Lipinski definition) is 2. The molecule has 0 aliphatic carbocycles. The van der Waals surface area contributed by atoms with Gasteiger partial charge in [0.15, 0.2) is 0 Å². The van der Waals surface area contributed by atoms with Gasteiger partial charge in [0.05, 0.1) is 6.42 Å². The van der Waals surface area contributed by atoms with Crippen LogP contribution < -0.4 is 11.1 Å². The molecule has 3 rings (SSSR count). The molecule has 138 valence electrons. The molecule has 6 heteroatoms. The molecule has 3 aromatic carbocycles. The molecule has 2 amide bonds. The molecular weight excluding hydrogens is 428 g/mol. The Labute approximate surface area is 170 Å². The monoisotopic (exact) mass is 444 g/mol. The number of benzene rings is 3. The Morgan fingerprint density at radius 3 is 2.52 bits per heavy atom. The molecule has 0 aliphatic rings. The zero-order valence-corrected chi connectivity index (χ0v) is 16.8. The number of amides is 2. The molecule has 4 nitrogen and oxygen atoms in total. The molecule has 0 bridgehead atoms. The van der Waals surface area contributed by atoms with Gasteiger partial charge >= 0.3 is 0 Å². The van der Waals surface area contributed by atoms with Crippen molar-refractivity contribution in [1.82, 2.24) is 5.32 Å². The number of primary amides is 1. The fraction of sp³-hybridized carbons (Fsp3) is 0.143. The first kappa shape index (κ1) is 19.4. The van der Waals surface area contributed by atoms with Gasteiger partial charge in [0.2, 0.25) is 11.8 Å². The largest absolute Gasteiger partial charge is 0.368 e. The van der Waals surface area contributed by atoms with E-state index in [1.54, 1.807) is 18.2 Å². The van der Waals surface area contributed by atoms with Crippen LogP contribution in [0.4, 0.5) is 0 Å². The predicted octanol–water partition coefficient (Wildman–Crippen LogP) is 4.01. The molecule has 1 atom stereocenters. The number of fused-ring (bicyclic) bond motifs is 1. The second-order valence-electron chi connectivity index (χ2n) is 6.32. The minimum absolute atomic E-state index is 0.172. The standard InChI is InChI=1S/C21H18BrClN2O2/c22-18-8-7-17(23)11-16(18)12-19(21(24)27)25-20(26)10-13-5-6-14-3-1-2-4-15(14)9-13/h1-9,11,19H,10,12H2,(H2,24,27)(H,25,26)/t19-/m1/s1. The van der Waals surface area contributed by atoms with Crippen molar-refractivity contribution in [3.05, 3.63) is 81.3 Å². The van der Waals surface area contributed by atoms with Crippen molar-refractivity contribution >= 4 is 50.1 Å². The lowest BCUT2D eigenvalue weighted by Gasteiger charge is -2.17. The predicted molar refractivity (Wildman–Crippen MR) is 112 cm³/mol. The molecular formula is C21H18BrClN2O2. The van der Waals surface area contributed by atoms with Crippen molar-refractivity contribution in [2.24, 2.45) is 5.73 Å². The van der Waals surface area contributed by atoms with E-state index in [1.165, 1.54) is 0 Å². The summed E-state index contributed by atoms with van der Waals surface area (Å²) in [6.45, 7) is 0. The summed E-state index contributed by atoms with van der Waals surface area (Å²) in [5.74, 6) is -0.846. The zero-order valence-electron chi connectivity index (χ0n) is 14.4. The first-order valence-electron chi connectivity index (χ1n) is 8.42. The van der Waals surface area contributed by atoms with Crippen LogP contribution in [0.5, 0.6) is 0 Å². The summed E-state index contributed by atoms with van der Waals surface area (Å²) in [5.41, 5.74) is 7.16. The van der Waals surface area contributed by atoms with Crippen molar-refractivity contribution in [2.45, 2.75) is 18.9 Å². The Balaban J connectivity index is 1.71. The number of carbonyl (C=O) groups excluding carboxylic acids is 2. The molecule has 0 aliphatic heterocycles. The summed E-state index contributed by atoms with van der Waals surface area (Å²) in [4.78, 5) is 24.3. The maximum Gasteiger partial charge on any atom is 0.240 e. The molecule has 0 aromatic heterocycles. The quantitative estimate of drug-likeness (QED) is 0.602. The van der Waals surface area contributed by atoms with Crippen LogP contribution in [0, 0.1) is 0 Å². The van der Waals surface area contributed by atoms with Gasteiger partial charge in [-0.15, -0.1) is 0 Å². The lowest BCUT2D eigenvalue weighted by atomic mass is 10.0. The fourth-order valence-electron chi connectivity index (χ4n) is 2.92. The first-order valence-corrected chi connectivity index (χ1v) is 9.60. The maximum atomic E-state index is 12.4. The summed E-state index contributed by atoms with van der Waals surface area (Å²) < 4.78 is 0.807. The molecule has 0 fully saturated rings. The molecule has 0 radical (unpaired) electrons. The number of nitrogens with two attached hydrogens (primary N) is 1. The van der Waals surface area contributed by atoms with Crippen molar-refractivity contribution < 1.29 is 9.59 Å². The van der Waals surface area contributed by atoms with Crippen LogP contribution in [0.2, 0.25) is 5.02 Å². The van der Waals surface area contributed by atoms with Gasteiger partial charge in [0, 0.05) is 15.9 Å². The van der Waals surface area contributed by atoms with E-state index in [2.05, 4.69) is 21.2 Å².